The van der Waals surface area contributed by atoms with Gasteiger partial charge in [0.25, 0.3) is 0 Å². The van der Waals surface area contributed by atoms with Crippen molar-refractivity contribution in [2.75, 3.05) is 13.1 Å². The summed E-state index contributed by atoms with van der Waals surface area (Å²) < 4.78 is 0. The van der Waals surface area contributed by atoms with E-state index in [9.17, 15) is 9.59 Å². The molecule has 2 saturated heterocycles. The smallest absolute Gasteiger partial charge is 0.229 e. The van der Waals surface area contributed by atoms with Crippen molar-refractivity contribution < 1.29 is 9.59 Å². The molecule has 6 nitrogen and oxygen atoms in total. The average molecular weight is 378 g/mol. The van der Waals surface area contributed by atoms with E-state index in [1.807, 2.05) is 48.5 Å². The van der Waals surface area contributed by atoms with Crippen molar-refractivity contribution in [3.05, 3.63) is 66.0 Å². The van der Waals surface area contributed by atoms with Crippen LogP contribution in [0.2, 0.25) is 0 Å². The molecule has 0 aliphatic carbocycles. The van der Waals surface area contributed by atoms with Crippen LogP contribution in [0.1, 0.15) is 30.5 Å². The number of amides is 2. The van der Waals surface area contributed by atoms with E-state index >= 15 is 0 Å². The first-order valence-corrected chi connectivity index (χ1v) is 9.90. The molecule has 2 aliphatic heterocycles. The standard InChI is InChI=1S/C22H26N4O2/c27-20-9-11-22(21(28)24-14-17-6-2-1-3-7-17)16-26(13-10-19(22)25-20)15-18-8-4-5-12-23-18/h1-8,12,19H,9-11,13-16H2,(H,24,28)(H,25,27)/t19-,22+/m1/s1. The van der Waals surface area contributed by atoms with Crippen molar-refractivity contribution in [1.29, 1.82) is 0 Å². The maximum Gasteiger partial charge on any atom is 0.229 e. The molecule has 0 bridgehead atoms. The largest absolute Gasteiger partial charge is 0.352 e. The van der Waals surface area contributed by atoms with Gasteiger partial charge in [-0.25, -0.2) is 0 Å². The molecule has 0 radical (unpaired) electrons. The lowest BCUT2D eigenvalue weighted by Gasteiger charge is -2.49. The van der Waals surface area contributed by atoms with Crippen molar-refractivity contribution in [3.8, 4) is 0 Å². The Morgan fingerprint density at radius 2 is 2.04 bits per heavy atom. The van der Waals surface area contributed by atoms with Crippen LogP contribution in [0.25, 0.3) is 0 Å². The van der Waals surface area contributed by atoms with Crippen molar-refractivity contribution >= 4 is 11.8 Å². The predicted molar refractivity (Wildman–Crippen MR) is 106 cm³/mol. The number of nitrogens with zero attached hydrogens (tertiary/aromatic N) is 2. The van der Waals surface area contributed by atoms with E-state index in [0.29, 0.717) is 25.9 Å². The van der Waals surface area contributed by atoms with E-state index in [0.717, 1.165) is 30.8 Å². The minimum Gasteiger partial charge on any atom is -0.352 e. The summed E-state index contributed by atoms with van der Waals surface area (Å²) in [5.74, 6) is 0.0849. The van der Waals surface area contributed by atoms with Crippen molar-refractivity contribution in [2.24, 2.45) is 5.41 Å². The fourth-order valence-electron chi connectivity index (χ4n) is 4.40. The van der Waals surface area contributed by atoms with Crippen LogP contribution >= 0.6 is 0 Å². The number of fused-ring (bicyclic) bond motifs is 1. The highest BCUT2D eigenvalue weighted by atomic mass is 16.2. The molecular weight excluding hydrogens is 352 g/mol. The molecule has 6 heteroatoms. The number of hydrogen-bond acceptors (Lipinski definition) is 4. The molecule has 2 atom stereocenters. The second kappa shape index (κ2) is 8.10. The molecule has 0 unspecified atom stereocenters. The van der Waals surface area contributed by atoms with Gasteiger partial charge in [0, 0.05) is 44.8 Å². The zero-order valence-electron chi connectivity index (χ0n) is 15.9. The number of benzene rings is 1. The number of nitrogens with one attached hydrogen (secondary N) is 2. The number of piperidine rings is 2. The van der Waals surface area contributed by atoms with Crippen LogP contribution in [0.4, 0.5) is 0 Å². The third-order valence-corrected chi connectivity index (χ3v) is 5.90. The first-order chi connectivity index (χ1) is 13.7. The maximum atomic E-state index is 13.3. The number of likely N-dealkylation sites (tertiary alicyclic amines) is 1. The van der Waals surface area contributed by atoms with Crippen molar-refractivity contribution in [1.82, 2.24) is 20.5 Å². The fraction of sp³-hybridized carbons (Fsp3) is 0.409. The minimum absolute atomic E-state index is 0.0343. The van der Waals surface area contributed by atoms with E-state index in [2.05, 4.69) is 20.5 Å². The number of hydrogen-bond donors (Lipinski definition) is 2. The van der Waals surface area contributed by atoms with E-state index in [4.69, 9.17) is 0 Å². The average Bonchev–Trinajstić information content (AvgIpc) is 2.73. The molecule has 2 fully saturated rings. The van der Waals surface area contributed by atoms with E-state index in [-0.39, 0.29) is 17.9 Å². The van der Waals surface area contributed by atoms with Crippen LogP contribution < -0.4 is 10.6 Å². The molecule has 4 rings (SSSR count). The molecule has 2 amide bonds. The summed E-state index contributed by atoms with van der Waals surface area (Å²) in [6.07, 6.45) is 3.55. The van der Waals surface area contributed by atoms with Crippen LogP contribution in [0.3, 0.4) is 0 Å². The molecule has 2 N–H and O–H groups in total. The third-order valence-electron chi connectivity index (χ3n) is 5.90. The lowest BCUT2D eigenvalue weighted by atomic mass is 9.69. The summed E-state index contributed by atoms with van der Waals surface area (Å²) in [5.41, 5.74) is 1.49. The second-order valence-corrected chi connectivity index (χ2v) is 7.76. The Balaban J connectivity index is 1.50. The van der Waals surface area contributed by atoms with Gasteiger partial charge in [-0.3, -0.25) is 19.5 Å². The van der Waals surface area contributed by atoms with Gasteiger partial charge in [-0.05, 0) is 30.5 Å². The molecule has 3 heterocycles. The molecule has 1 aromatic carbocycles. The Kier molecular flexibility index (Phi) is 5.39. The molecule has 28 heavy (non-hydrogen) atoms. The van der Waals surface area contributed by atoms with E-state index in [1.54, 1.807) is 6.20 Å². The van der Waals surface area contributed by atoms with Gasteiger partial charge in [0.05, 0.1) is 11.1 Å². The lowest BCUT2D eigenvalue weighted by molar-refractivity contribution is -0.144. The van der Waals surface area contributed by atoms with Crippen LogP contribution in [0.15, 0.2) is 54.7 Å². The second-order valence-electron chi connectivity index (χ2n) is 7.76. The van der Waals surface area contributed by atoms with Gasteiger partial charge in [0.15, 0.2) is 0 Å². The summed E-state index contributed by atoms with van der Waals surface area (Å²) in [6.45, 7) is 2.70. The molecular formula is C22H26N4O2. The fourth-order valence-corrected chi connectivity index (χ4v) is 4.40. The molecule has 146 valence electrons. The minimum atomic E-state index is -0.588. The third kappa shape index (κ3) is 3.92. The molecule has 0 saturated carbocycles. The maximum absolute atomic E-state index is 13.3. The summed E-state index contributed by atoms with van der Waals surface area (Å²) >= 11 is 0. The lowest BCUT2D eigenvalue weighted by Crippen LogP contribution is -2.66. The van der Waals surface area contributed by atoms with Gasteiger partial charge in [-0.15, -0.1) is 0 Å². The van der Waals surface area contributed by atoms with Crippen LogP contribution in [0.5, 0.6) is 0 Å². The van der Waals surface area contributed by atoms with Gasteiger partial charge >= 0.3 is 0 Å². The quantitative estimate of drug-likeness (QED) is 0.833. The highest BCUT2D eigenvalue weighted by molar-refractivity contribution is 5.88. The number of carbonyl (C=O) groups is 2. The van der Waals surface area contributed by atoms with Gasteiger partial charge in [0.1, 0.15) is 0 Å². The Bertz CT molecular complexity index is 827. The van der Waals surface area contributed by atoms with Gasteiger partial charge in [0.2, 0.25) is 11.8 Å². The van der Waals surface area contributed by atoms with E-state index in [1.165, 1.54) is 0 Å². The van der Waals surface area contributed by atoms with Crippen LogP contribution in [-0.2, 0) is 22.7 Å². The summed E-state index contributed by atoms with van der Waals surface area (Å²) in [4.78, 5) is 32.0. The summed E-state index contributed by atoms with van der Waals surface area (Å²) in [6, 6.07) is 15.7. The highest BCUT2D eigenvalue weighted by Crippen LogP contribution is 2.38. The predicted octanol–water partition coefficient (Wildman–Crippen LogP) is 1.87. The van der Waals surface area contributed by atoms with Crippen molar-refractivity contribution in [2.45, 2.75) is 38.4 Å². The number of carbonyl (C=O) groups excluding carboxylic acids is 2. The topological polar surface area (TPSA) is 74.3 Å². The van der Waals surface area contributed by atoms with Gasteiger partial charge in [-0.1, -0.05) is 36.4 Å². The van der Waals surface area contributed by atoms with Crippen LogP contribution in [-0.4, -0.2) is 40.8 Å². The van der Waals surface area contributed by atoms with Crippen LogP contribution in [0, 0.1) is 5.41 Å². The molecule has 0 spiro atoms. The normalized spacial score (nSPS) is 24.9. The van der Waals surface area contributed by atoms with Crippen molar-refractivity contribution in [3.63, 3.8) is 0 Å². The summed E-state index contributed by atoms with van der Waals surface area (Å²) in [5, 5.41) is 6.21. The van der Waals surface area contributed by atoms with E-state index < -0.39 is 5.41 Å². The zero-order chi connectivity index (χ0) is 19.4. The zero-order valence-corrected chi connectivity index (χ0v) is 15.9. The number of pyridine rings is 1. The Morgan fingerprint density at radius 3 is 2.82 bits per heavy atom. The molecule has 2 aliphatic rings. The molecule has 1 aromatic heterocycles. The first kappa shape index (κ1) is 18.6. The summed E-state index contributed by atoms with van der Waals surface area (Å²) in [7, 11) is 0. The Morgan fingerprint density at radius 1 is 1.21 bits per heavy atom. The van der Waals surface area contributed by atoms with Gasteiger partial charge < -0.3 is 10.6 Å². The van der Waals surface area contributed by atoms with Gasteiger partial charge in [-0.2, -0.15) is 0 Å². The number of rotatable bonds is 5. The monoisotopic (exact) mass is 378 g/mol. The number of aromatic nitrogens is 1. The SMILES string of the molecule is O=C1CC[C@]2(C(=O)NCc3ccccc3)CN(Cc3ccccn3)CC[C@H]2N1. The Hall–Kier alpha value is -2.73. The Labute approximate surface area is 165 Å². The first-order valence-electron chi connectivity index (χ1n) is 9.90. The molecule has 2 aromatic rings. The highest BCUT2D eigenvalue weighted by Gasteiger charge is 2.51.